The van der Waals surface area contributed by atoms with E-state index < -0.39 is 0 Å². The van der Waals surface area contributed by atoms with Gasteiger partial charge < -0.3 is 4.74 Å². The number of aromatic nitrogens is 1. The van der Waals surface area contributed by atoms with Gasteiger partial charge in [-0.2, -0.15) is 0 Å². The zero-order chi connectivity index (χ0) is 20.4. The van der Waals surface area contributed by atoms with Crippen molar-refractivity contribution >= 4 is 28.9 Å². The first kappa shape index (κ1) is 19.9. The topological polar surface area (TPSA) is 34.5 Å². The van der Waals surface area contributed by atoms with Gasteiger partial charge in [-0.25, -0.2) is 0 Å². The molecule has 2 aromatic carbocycles. The van der Waals surface area contributed by atoms with E-state index in [1.54, 1.807) is 19.5 Å². The quantitative estimate of drug-likeness (QED) is 0.469. The van der Waals surface area contributed by atoms with Crippen molar-refractivity contribution in [2.75, 3.05) is 7.11 Å². The third-order valence-corrected chi connectivity index (χ3v) is 6.17. The Hall–Kier alpha value is -2.36. The van der Waals surface area contributed by atoms with Gasteiger partial charge in [0.1, 0.15) is 5.75 Å². The summed E-state index contributed by atoms with van der Waals surface area (Å²) in [5.41, 5.74) is 5.70. The van der Waals surface area contributed by atoms with Crippen molar-refractivity contribution < 1.29 is 4.74 Å². The lowest BCUT2D eigenvalue weighted by atomic mass is 9.82. The molecule has 2 heterocycles. The number of nitrogens with zero attached hydrogens (tertiary/aromatic N) is 2. The average molecular weight is 425 g/mol. The number of rotatable bonds is 5. The largest absolute Gasteiger partial charge is 0.497 e. The average Bonchev–Trinajstić information content (AvgIpc) is 2.75. The Morgan fingerprint density at radius 3 is 2.48 bits per heavy atom. The highest BCUT2D eigenvalue weighted by Gasteiger charge is 2.28. The molecule has 4 rings (SSSR count). The van der Waals surface area contributed by atoms with Gasteiger partial charge >= 0.3 is 0 Å². The van der Waals surface area contributed by atoms with Crippen molar-refractivity contribution in [3.05, 3.63) is 93.2 Å². The van der Waals surface area contributed by atoms with Gasteiger partial charge in [-0.3, -0.25) is 9.98 Å². The molecule has 0 spiro atoms. The second kappa shape index (κ2) is 8.56. The fourth-order valence-corrected chi connectivity index (χ4v) is 4.41. The molecule has 1 aliphatic rings. The van der Waals surface area contributed by atoms with E-state index in [0.29, 0.717) is 16.5 Å². The molecule has 0 amide bonds. The number of hydrogen-bond donors (Lipinski definition) is 0. The number of benzene rings is 2. The van der Waals surface area contributed by atoms with Gasteiger partial charge in [0, 0.05) is 36.9 Å². The van der Waals surface area contributed by atoms with Gasteiger partial charge in [0.15, 0.2) is 0 Å². The summed E-state index contributed by atoms with van der Waals surface area (Å²) in [4.78, 5) is 9.23. The standard InChI is InChI=1S/C24H22Cl2N2O/c1-15(16-6-4-3-5-7-16)24-20-12-19(29-2)9-8-17(20)10-18(28-24)11-21-22(25)13-27-14-23(21)26/h3-9,12-15,24H,10-11H2,1-2H3. The highest BCUT2D eigenvalue weighted by Crippen LogP contribution is 2.40. The molecular weight excluding hydrogens is 403 g/mol. The van der Waals surface area contributed by atoms with Gasteiger partial charge in [-0.1, -0.05) is 66.5 Å². The zero-order valence-corrected chi connectivity index (χ0v) is 17.9. The summed E-state index contributed by atoms with van der Waals surface area (Å²) in [6, 6.07) is 16.8. The van der Waals surface area contributed by atoms with Crippen LogP contribution in [0.15, 0.2) is 65.9 Å². The first-order valence-electron chi connectivity index (χ1n) is 9.62. The van der Waals surface area contributed by atoms with E-state index in [9.17, 15) is 0 Å². The van der Waals surface area contributed by atoms with Crippen molar-refractivity contribution in [1.82, 2.24) is 4.98 Å². The Labute approximate surface area is 181 Å². The second-order valence-electron chi connectivity index (χ2n) is 7.34. The number of fused-ring (bicyclic) bond motifs is 1. The third-order valence-electron chi connectivity index (χ3n) is 5.52. The molecule has 3 aromatic rings. The molecule has 0 aliphatic carbocycles. The predicted molar refractivity (Wildman–Crippen MR) is 120 cm³/mol. The van der Waals surface area contributed by atoms with E-state index in [0.717, 1.165) is 23.4 Å². The lowest BCUT2D eigenvalue weighted by molar-refractivity contribution is 0.413. The Kier molecular flexibility index (Phi) is 5.89. The minimum Gasteiger partial charge on any atom is -0.497 e. The molecule has 0 bridgehead atoms. The summed E-state index contributed by atoms with van der Waals surface area (Å²) in [6.07, 6.45) is 4.65. The first-order valence-corrected chi connectivity index (χ1v) is 10.4. The normalized spacial score (nSPS) is 16.7. The maximum absolute atomic E-state index is 6.36. The van der Waals surface area contributed by atoms with Crippen LogP contribution in [0.25, 0.3) is 0 Å². The molecule has 29 heavy (non-hydrogen) atoms. The monoisotopic (exact) mass is 424 g/mol. The fourth-order valence-electron chi connectivity index (χ4n) is 3.91. The smallest absolute Gasteiger partial charge is 0.119 e. The molecule has 1 aliphatic heterocycles. The zero-order valence-electron chi connectivity index (χ0n) is 16.4. The van der Waals surface area contributed by atoms with Gasteiger partial charge in [-0.15, -0.1) is 0 Å². The molecule has 5 heteroatoms. The Balaban J connectivity index is 1.75. The van der Waals surface area contributed by atoms with Gasteiger partial charge in [0.2, 0.25) is 0 Å². The highest BCUT2D eigenvalue weighted by molar-refractivity contribution is 6.36. The predicted octanol–water partition coefficient (Wildman–Crippen LogP) is 6.48. The molecule has 0 radical (unpaired) electrons. The molecule has 2 unspecified atom stereocenters. The molecule has 0 saturated carbocycles. The van der Waals surface area contributed by atoms with Crippen molar-refractivity contribution in [3.8, 4) is 5.75 Å². The number of hydrogen-bond acceptors (Lipinski definition) is 3. The van der Waals surface area contributed by atoms with Gasteiger partial charge in [0.25, 0.3) is 0 Å². The van der Waals surface area contributed by atoms with E-state index in [-0.39, 0.29) is 12.0 Å². The summed E-state index contributed by atoms with van der Waals surface area (Å²) >= 11 is 12.7. The minimum absolute atomic E-state index is 0.00522. The van der Waals surface area contributed by atoms with Crippen molar-refractivity contribution in [3.63, 3.8) is 0 Å². The summed E-state index contributed by atoms with van der Waals surface area (Å²) in [5, 5.41) is 1.15. The molecule has 0 saturated heterocycles. The highest BCUT2D eigenvalue weighted by atomic mass is 35.5. The SMILES string of the molecule is COc1ccc2c(c1)C(C(C)c1ccccc1)N=C(Cc1c(Cl)cncc1Cl)C2. The van der Waals surface area contributed by atoms with Crippen LogP contribution in [0, 0.1) is 0 Å². The summed E-state index contributed by atoms with van der Waals surface area (Å²) in [5.74, 6) is 1.08. The van der Waals surface area contributed by atoms with Crippen LogP contribution in [0.2, 0.25) is 10.0 Å². The van der Waals surface area contributed by atoms with Crippen LogP contribution in [-0.2, 0) is 12.8 Å². The number of ether oxygens (including phenoxy) is 1. The van der Waals surface area contributed by atoms with Crippen LogP contribution < -0.4 is 4.74 Å². The van der Waals surface area contributed by atoms with Crippen molar-refractivity contribution in [1.29, 1.82) is 0 Å². The molecule has 0 N–H and O–H groups in total. The van der Waals surface area contributed by atoms with Crippen LogP contribution in [0.1, 0.15) is 41.1 Å². The van der Waals surface area contributed by atoms with Gasteiger partial charge in [0.05, 0.1) is 23.2 Å². The fraction of sp³-hybridized carbons (Fsp3) is 0.250. The maximum Gasteiger partial charge on any atom is 0.119 e. The van der Waals surface area contributed by atoms with E-state index in [1.807, 2.05) is 12.1 Å². The Bertz CT molecular complexity index is 1030. The van der Waals surface area contributed by atoms with Crippen LogP contribution >= 0.6 is 23.2 Å². The van der Waals surface area contributed by atoms with Crippen LogP contribution in [0.3, 0.4) is 0 Å². The molecule has 2 atom stereocenters. The molecule has 0 fully saturated rings. The number of methoxy groups -OCH3 is 1. The minimum atomic E-state index is 0.00522. The van der Waals surface area contributed by atoms with E-state index in [2.05, 4.69) is 48.3 Å². The van der Waals surface area contributed by atoms with Crippen LogP contribution in [0.4, 0.5) is 0 Å². The maximum atomic E-state index is 6.36. The van der Waals surface area contributed by atoms with E-state index in [1.165, 1.54) is 16.7 Å². The number of aliphatic imine (C=N–C) groups is 1. The summed E-state index contributed by atoms with van der Waals surface area (Å²) < 4.78 is 5.48. The van der Waals surface area contributed by atoms with E-state index in [4.69, 9.17) is 32.9 Å². The summed E-state index contributed by atoms with van der Waals surface area (Å²) in [6.45, 7) is 2.22. The number of pyridine rings is 1. The Morgan fingerprint density at radius 2 is 1.79 bits per heavy atom. The lowest BCUT2D eigenvalue weighted by Crippen LogP contribution is -2.21. The molecule has 3 nitrogen and oxygen atoms in total. The van der Waals surface area contributed by atoms with Crippen LogP contribution in [-0.4, -0.2) is 17.8 Å². The molecule has 148 valence electrons. The lowest BCUT2D eigenvalue weighted by Gasteiger charge is -2.29. The van der Waals surface area contributed by atoms with Crippen LogP contribution in [0.5, 0.6) is 5.75 Å². The molecular formula is C24H22Cl2N2O. The van der Waals surface area contributed by atoms with E-state index >= 15 is 0 Å². The number of halogens is 2. The Morgan fingerprint density at radius 1 is 1.07 bits per heavy atom. The third kappa shape index (κ3) is 4.17. The second-order valence-corrected chi connectivity index (χ2v) is 8.15. The summed E-state index contributed by atoms with van der Waals surface area (Å²) in [7, 11) is 1.70. The molecule has 1 aromatic heterocycles. The first-order chi connectivity index (χ1) is 14.1. The van der Waals surface area contributed by atoms with Gasteiger partial charge in [-0.05, 0) is 34.4 Å². The van der Waals surface area contributed by atoms with Crippen molar-refractivity contribution in [2.24, 2.45) is 4.99 Å². The van der Waals surface area contributed by atoms with Crippen molar-refractivity contribution in [2.45, 2.75) is 31.7 Å².